The molecule has 0 bridgehead atoms. The summed E-state index contributed by atoms with van der Waals surface area (Å²) in [7, 11) is 1.76. The molecule has 0 atom stereocenters. The van der Waals surface area contributed by atoms with Crippen LogP contribution in [-0.4, -0.2) is 25.3 Å². The van der Waals surface area contributed by atoms with E-state index in [-0.39, 0.29) is 29.8 Å². The van der Waals surface area contributed by atoms with Crippen LogP contribution in [0.3, 0.4) is 0 Å². The van der Waals surface area contributed by atoms with Crippen LogP contribution in [0, 0.1) is 5.82 Å². The van der Waals surface area contributed by atoms with Gasteiger partial charge in [0.2, 0.25) is 0 Å². The molecule has 0 radical (unpaired) electrons. The van der Waals surface area contributed by atoms with Crippen molar-refractivity contribution in [1.29, 1.82) is 0 Å². The number of benzene rings is 1. The topological polar surface area (TPSA) is 36.4 Å². The fourth-order valence-electron chi connectivity index (χ4n) is 2.00. The van der Waals surface area contributed by atoms with Gasteiger partial charge in [-0.1, -0.05) is 0 Å². The molecule has 0 amide bonds. The second kappa shape index (κ2) is 8.71. The van der Waals surface area contributed by atoms with Gasteiger partial charge in [0, 0.05) is 24.5 Å². The number of thioether (sulfide) groups is 1. The highest BCUT2D eigenvalue weighted by atomic mass is 127. The molecule has 0 unspecified atom stereocenters. The maximum atomic E-state index is 13.3. The minimum absolute atomic E-state index is 0. The van der Waals surface area contributed by atoms with Gasteiger partial charge in [-0.25, -0.2) is 4.39 Å². The Bertz CT molecular complexity index is 464. The average molecular weight is 409 g/mol. The second-order valence-corrected chi connectivity index (χ2v) is 5.50. The number of nitrogens with zero attached hydrogens (tertiary/aromatic N) is 1. The average Bonchev–Trinajstić information content (AvgIpc) is 2.37. The predicted molar refractivity (Wildman–Crippen MR) is 94.6 cm³/mol. The number of nitrogens with one attached hydrogen (secondary N) is 2. The van der Waals surface area contributed by atoms with Crippen molar-refractivity contribution in [3.63, 3.8) is 0 Å². The smallest absolute Gasteiger partial charge is 0.191 e. The Labute approximate surface area is 141 Å². The predicted octanol–water partition coefficient (Wildman–Crippen LogP) is 3.38. The van der Waals surface area contributed by atoms with Gasteiger partial charge in [-0.3, -0.25) is 4.99 Å². The molecule has 1 saturated carbocycles. The van der Waals surface area contributed by atoms with Crippen LogP contribution in [0.25, 0.3) is 0 Å². The van der Waals surface area contributed by atoms with Crippen LogP contribution in [0.2, 0.25) is 0 Å². The number of aliphatic imine (C=N–C) groups is 1. The molecule has 1 aliphatic rings. The van der Waals surface area contributed by atoms with Gasteiger partial charge in [0.05, 0.1) is 0 Å². The van der Waals surface area contributed by atoms with Gasteiger partial charge in [-0.05, 0) is 49.3 Å². The zero-order valence-electron chi connectivity index (χ0n) is 11.8. The summed E-state index contributed by atoms with van der Waals surface area (Å²) in [5.41, 5.74) is 0.962. The molecular weight excluding hydrogens is 388 g/mol. The standard InChI is InChI=1S/C14H20FN3S.HI/c1-16-14(18-12-4-3-5-12)17-9-10-8-11(15)6-7-13(10)19-2;/h6-8,12H,3-5,9H2,1-2H3,(H2,16,17,18);1H. The third-order valence-electron chi connectivity index (χ3n) is 3.36. The summed E-state index contributed by atoms with van der Waals surface area (Å²) >= 11 is 1.63. The quantitative estimate of drug-likeness (QED) is 0.347. The van der Waals surface area contributed by atoms with Crippen LogP contribution in [-0.2, 0) is 6.54 Å². The van der Waals surface area contributed by atoms with E-state index in [2.05, 4.69) is 15.6 Å². The van der Waals surface area contributed by atoms with E-state index in [1.807, 2.05) is 12.3 Å². The van der Waals surface area contributed by atoms with Gasteiger partial charge in [0.1, 0.15) is 5.82 Å². The van der Waals surface area contributed by atoms with E-state index in [1.165, 1.54) is 25.3 Å². The summed E-state index contributed by atoms with van der Waals surface area (Å²) in [6, 6.07) is 5.43. The van der Waals surface area contributed by atoms with Crippen LogP contribution in [0.15, 0.2) is 28.1 Å². The van der Waals surface area contributed by atoms with E-state index in [1.54, 1.807) is 24.9 Å². The van der Waals surface area contributed by atoms with Crippen molar-refractivity contribution in [2.75, 3.05) is 13.3 Å². The van der Waals surface area contributed by atoms with Crippen LogP contribution in [0.4, 0.5) is 4.39 Å². The summed E-state index contributed by atoms with van der Waals surface area (Å²) in [4.78, 5) is 5.29. The Morgan fingerprint density at radius 2 is 2.20 bits per heavy atom. The summed E-state index contributed by atoms with van der Waals surface area (Å²) in [5.74, 6) is 0.595. The lowest BCUT2D eigenvalue weighted by molar-refractivity contribution is 0.379. The molecule has 1 aromatic rings. The molecule has 0 aromatic heterocycles. The minimum atomic E-state index is -0.198. The molecule has 1 aliphatic carbocycles. The fourth-order valence-corrected chi connectivity index (χ4v) is 2.60. The lowest BCUT2D eigenvalue weighted by Crippen LogP contribution is -2.46. The summed E-state index contributed by atoms with van der Waals surface area (Å²) in [6.07, 6.45) is 5.70. The van der Waals surface area contributed by atoms with Crippen molar-refractivity contribution < 1.29 is 4.39 Å². The first kappa shape index (κ1) is 17.6. The zero-order valence-corrected chi connectivity index (χ0v) is 14.9. The van der Waals surface area contributed by atoms with E-state index in [9.17, 15) is 4.39 Å². The lowest BCUT2D eigenvalue weighted by Gasteiger charge is -2.28. The maximum Gasteiger partial charge on any atom is 0.191 e. The molecule has 0 spiro atoms. The number of halogens is 2. The zero-order chi connectivity index (χ0) is 13.7. The van der Waals surface area contributed by atoms with Gasteiger partial charge in [-0.15, -0.1) is 35.7 Å². The number of hydrogen-bond donors (Lipinski definition) is 2. The molecule has 0 heterocycles. The van der Waals surface area contributed by atoms with Gasteiger partial charge in [0.25, 0.3) is 0 Å². The van der Waals surface area contributed by atoms with Crippen LogP contribution < -0.4 is 10.6 Å². The minimum Gasteiger partial charge on any atom is -0.354 e. The van der Waals surface area contributed by atoms with E-state index < -0.39 is 0 Å². The second-order valence-electron chi connectivity index (χ2n) is 4.65. The van der Waals surface area contributed by atoms with E-state index >= 15 is 0 Å². The van der Waals surface area contributed by atoms with Gasteiger partial charge >= 0.3 is 0 Å². The van der Waals surface area contributed by atoms with Gasteiger partial charge in [-0.2, -0.15) is 0 Å². The van der Waals surface area contributed by atoms with E-state index in [0.29, 0.717) is 12.6 Å². The van der Waals surface area contributed by atoms with Crippen molar-refractivity contribution in [2.24, 2.45) is 4.99 Å². The molecule has 3 nitrogen and oxygen atoms in total. The lowest BCUT2D eigenvalue weighted by atomic mass is 9.93. The normalized spacial score (nSPS) is 15.2. The van der Waals surface area contributed by atoms with Crippen LogP contribution in [0.5, 0.6) is 0 Å². The van der Waals surface area contributed by atoms with Gasteiger partial charge < -0.3 is 10.6 Å². The molecule has 0 aliphatic heterocycles. The first-order valence-corrected chi connectivity index (χ1v) is 7.75. The van der Waals surface area contributed by atoms with Crippen molar-refractivity contribution >= 4 is 41.7 Å². The Morgan fingerprint density at radius 3 is 2.75 bits per heavy atom. The number of hydrogen-bond acceptors (Lipinski definition) is 2. The summed E-state index contributed by atoms with van der Waals surface area (Å²) in [6.45, 7) is 0.584. The Hall–Kier alpha value is -0.500. The van der Waals surface area contributed by atoms with Crippen molar-refractivity contribution in [2.45, 2.75) is 36.7 Å². The van der Waals surface area contributed by atoms with E-state index in [4.69, 9.17) is 0 Å². The maximum absolute atomic E-state index is 13.3. The molecule has 0 saturated heterocycles. The monoisotopic (exact) mass is 409 g/mol. The highest BCUT2D eigenvalue weighted by Crippen LogP contribution is 2.21. The fraction of sp³-hybridized carbons (Fsp3) is 0.500. The largest absolute Gasteiger partial charge is 0.354 e. The Morgan fingerprint density at radius 1 is 1.45 bits per heavy atom. The third-order valence-corrected chi connectivity index (χ3v) is 4.20. The summed E-state index contributed by atoms with van der Waals surface area (Å²) < 4.78 is 13.3. The van der Waals surface area contributed by atoms with Crippen LogP contribution >= 0.6 is 35.7 Å². The van der Waals surface area contributed by atoms with Crippen molar-refractivity contribution in [1.82, 2.24) is 10.6 Å². The Balaban J connectivity index is 0.00000200. The van der Waals surface area contributed by atoms with Gasteiger partial charge in [0.15, 0.2) is 5.96 Å². The molecule has 20 heavy (non-hydrogen) atoms. The molecule has 2 N–H and O–H groups in total. The molecule has 1 aromatic carbocycles. The molecule has 2 rings (SSSR count). The molecule has 6 heteroatoms. The first-order chi connectivity index (χ1) is 9.22. The van der Waals surface area contributed by atoms with E-state index in [0.717, 1.165) is 16.4 Å². The first-order valence-electron chi connectivity index (χ1n) is 6.52. The molecule has 112 valence electrons. The third kappa shape index (κ3) is 4.80. The number of guanidine groups is 1. The molecule has 1 fully saturated rings. The highest BCUT2D eigenvalue weighted by molar-refractivity contribution is 14.0. The highest BCUT2D eigenvalue weighted by Gasteiger charge is 2.18. The number of rotatable bonds is 4. The van der Waals surface area contributed by atoms with Crippen LogP contribution in [0.1, 0.15) is 24.8 Å². The molecular formula is C14H21FIN3S. The van der Waals surface area contributed by atoms with Crippen molar-refractivity contribution in [3.8, 4) is 0 Å². The van der Waals surface area contributed by atoms with Crippen molar-refractivity contribution in [3.05, 3.63) is 29.6 Å². The summed E-state index contributed by atoms with van der Waals surface area (Å²) in [5, 5.41) is 6.61. The Kier molecular flexibility index (Phi) is 7.65. The SMILES string of the molecule is CN=C(NCc1cc(F)ccc1SC)NC1CCC1.I.